The number of benzene rings is 1. The molecule has 0 aromatic heterocycles. The maximum Gasteiger partial charge on any atom is 0.119 e. The van der Waals surface area contributed by atoms with Crippen LogP contribution in [0.1, 0.15) is 18.4 Å². The van der Waals surface area contributed by atoms with Crippen molar-refractivity contribution in [1.82, 2.24) is 0 Å². The van der Waals surface area contributed by atoms with Crippen LogP contribution in [0.5, 0.6) is 5.75 Å². The van der Waals surface area contributed by atoms with Gasteiger partial charge in [-0.05, 0) is 37.7 Å². The average molecular weight is 239 g/mol. The summed E-state index contributed by atoms with van der Waals surface area (Å²) in [4.78, 5) is 0. The molecule has 2 N–H and O–H groups in total. The summed E-state index contributed by atoms with van der Waals surface area (Å²) in [6.45, 7) is 3.68. The summed E-state index contributed by atoms with van der Waals surface area (Å²) in [5.41, 5.74) is 6.68. The van der Waals surface area contributed by atoms with E-state index >= 15 is 0 Å². The second kappa shape index (κ2) is 8.48. The Morgan fingerprint density at radius 2 is 1.88 bits per heavy atom. The smallest absolute Gasteiger partial charge is 0.119 e. The third-order valence-electron chi connectivity index (χ3n) is 2.23. The molecule has 0 saturated carbocycles. The highest BCUT2D eigenvalue weighted by Crippen LogP contribution is 2.12. The molecule has 0 spiro atoms. The summed E-state index contributed by atoms with van der Waals surface area (Å²) < 4.78 is 5.63. The zero-order valence-corrected chi connectivity index (χ0v) is 10.8. The highest BCUT2D eigenvalue weighted by molar-refractivity contribution is 7.99. The third kappa shape index (κ3) is 6.03. The van der Waals surface area contributed by atoms with Gasteiger partial charge in [0.2, 0.25) is 0 Å². The average Bonchev–Trinajstić information content (AvgIpc) is 2.30. The molecule has 1 aromatic rings. The van der Waals surface area contributed by atoms with Gasteiger partial charge < -0.3 is 10.5 Å². The van der Waals surface area contributed by atoms with Crippen LogP contribution in [0.15, 0.2) is 24.3 Å². The molecule has 1 aromatic carbocycles. The lowest BCUT2D eigenvalue weighted by molar-refractivity contribution is 0.310. The van der Waals surface area contributed by atoms with Gasteiger partial charge in [0, 0.05) is 12.3 Å². The van der Waals surface area contributed by atoms with E-state index in [9.17, 15) is 0 Å². The van der Waals surface area contributed by atoms with Crippen molar-refractivity contribution in [1.29, 1.82) is 0 Å². The van der Waals surface area contributed by atoms with Gasteiger partial charge >= 0.3 is 0 Å². The van der Waals surface area contributed by atoms with E-state index in [1.165, 1.54) is 17.7 Å². The first-order chi connectivity index (χ1) is 7.83. The van der Waals surface area contributed by atoms with Crippen LogP contribution >= 0.6 is 11.8 Å². The Balaban J connectivity index is 2.01. The molecule has 16 heavy (non-hydrogen) atoms. The molecule has 3 heteroatoms. The molecule has 0 bridgehead atoms. The summed E-state index contributed by atoms with van der Waals surface area (Å²) >= 11 is 1.92. The molecule has 0 saturated heterocycles. The van der Waals surface area contributed by atoms with E-state index in [-0.39, 0.29) is 0 Å². The van der Waals surface area contributed by atoms with Crippen molar-refractivity contribution < 1.29 is 4.74 Å². The van der Waals surface area contributed by atoms with E-state index in [1.54, 1.807) is 0 Å². The van der Waals surface area contributed by atoms with Crippen molar-refractivity contribution in [2.24, 2.45) is 5.73 Å². The van der Waals surface area contributed by atoms with Gasteiger partial charge in [-0.15, -0.1) is 0 Å². The van der Waals surface area contributed by atoms with Gasteiger partial charge in [0.25, 0.3) is 0 Å². The lowest BCUT2D eigenvalue weighted by atomic mass is 10.2. The van der Waals surface area contributed by atoms with Crippen LogP contribution in [-0.2, 0) is 0 Å². The lowest BCUT2D eigenvalue weighted by Crippen LogP contribution is -2.02. The summed E-state index contributed by atoms with van der Waals surface area (Å²) in [5.74, 6) is 3.23. The number of aryl methyl sites for hydroxylation is 1. The van der Waals surface area contributed by atoms with E-state index in [4.69, 9.17) is 10.5 Å². The molecule has 0 radical (unpaired) electrons. The zero-order chi connectivity index (χ0) is 11.6. The molecular formula is C13H21NOS. The Hall–Kier alpha value is -0.670. The molecule has 0 atom stereocenters. The first-order valence-electron chi connectivity index (χ1n) is 5.80. The van der Waals surface area contributed by atoms with E-state index in [0.29, 0.717) is 0 Å². The number of thioether (sulfide) groups is 1. The fourth-order valence-electron chi connectivity index (χ4n) is 1.32. The molecule has 0 aliphatic rings. The Kier molecular flexibility index (Phi) is 7.10. The molecule has 0 aliphatic heterocycles. The van der Waals surface area contributed by atoms with Crippen molar-refractivity contribution in [2.75, 3.05) is 24.7 Å². The van der Waals surface area contributed by atoms with Crippen molar-refractivity contribution in [2.45, 2.75) is 19.8 Å². The largest absolute Gasteiger partial charge is 0.494 e. The van der Waals surface area contributed by atoms with E-state index in [0.717, 1.165) is 31.1 Å². The molecular weight excluding hydrogens is 218 g/mol. The topological polar surface area (TPSA) is 35.2 Å². The molecule has 2 nitrogen and oxygen atoms in total. The number of hydrogen-bond donors (Lipinski definition) is 1. The number of unbranched alkanes of at least 4 members (excludes halogenated alkanes) is 1. The first kappa shape index (κ1) is 13.4. The van der Waals surface area contributed by atoms with Gasteiger partial charge in [0.05, 0.1) is 6.61 Å². The first-order valence-corrected chi connectivity index (χ1v) is 6.95. The van der Waals surface area contributed by atoms with Crippen LogP contribution in [0.2, 0.25) is 0 Å². The Bertz CT molecular complexity index is 274. The van der Waals surface area contributed by atoms with Gasteiger partial charge in [-0.25, -0.2) is 0 Å². The molecule has 1 rings (SSSR count). The number of rotatable bonds is 8. The van der Waals surface area contributed by atoms with Gasteiger partial charge in [-0.1, -0.05) is 17.7 Å². The van der Waals surface area contributed by atoms with Gasteiger partial charge in [0.1, 0.15) is 5.75 Å². The zero-order valence-electron chi connectivity index (χ0n) is 9.95. The van der Waals surface area contributed by atoms with Crippen molar-refractivity contribution >= 4 is 11.8 Å². The van der Waals surface area contributed by atoms with Crippen LogP contribution in [0.4, 0.5) is 0 Å². The minimum atomic E-state index is 0.782. The Morgan fingerprint density at radius 1 is 1.12 bits per heavy atom. The van der Waals surface area contributed by atoms with Crippen molar-refractivity contribution in [3.05, 3.63) is 29.8 Å². The van der Waals surface area contributed by atoms with Crippen LogP contribution in [0.25, 0.3) is 0 Å². The van der Waals surface area contributed by atoms with E-state index in [2.05, 4.69) is 19.1 Å². The Labute approximate surface area is 103 Å². The quantitative estimate of drug-likeness (QED) is 0.709. The third-order valence-corrected chi connectivity index (χ3v) is 3.34. The monoisotopic (exact) mass is 239 g/mol. The molecule has 0 unspecified atom stereocenters. The normalized spacial score (nSPS) is 10.4. The minimum Gasteiger partial charge on any atom is -0.494 e. The van der Waals surface area contributed by atoms with E-state index < -0.39 is 0 Å². The van der Waals surface area contributed by atoms with Gasteiger partial charge in [0.15, 0.2) is 0 Å². The lowest BCUT2D eigenvalue weighted by Gasteiger charge is -2.06. The summed E-state index contributed by atoms with van der Waals surface area (Å²) in [5, 5.41) is 0. The number of nitrogens with two attached hydrogens (primary N) is 1. The van der Waals surface area contributed by atoms with Crippen LogP contribution < -0.4 is 10.5 Å². The maximum atomic E-state index is 5.63. The molecule has 0 fully saturated rings. The molecule has 0 aliphatic carbocycles. The summed E-state index contributed by atoms with van der Waals surface area (Å²) in [6, 6.07) is 8.20. The van der Waals surface area contributed by atoms with Crippen molar-refractivity contribution in [3.63, 3.8) is 0 Å². The second-order valence-corrected chi connectivity index (χ2v) is 4.99. The highest BCUT2D eigenvalue weighted by Gasteiger charge is 1.93. The fourth-order valence-corrected chi connectivity index (χ4v) is 2.10. The van der Waals surface area contributed by atoms with Gasteiger partial charge in [-0.2, -0.15) is 11.8 Å². The molecule has 90 valence electrons. The summed E-state index contributed by atoms with van der Waals surface area (Å²) in [6.07, 6.45) is 2.32. The van der Waals surface area contributed by atoms with Crippen LogP contribution in [-0.4, -0.2) is 24.7 Å². The minimum absolute atomic E-state index is 0.782. The summed E-state index contributed by atoms with van der Waals surface area (Å²) in [7, 11) is 0. The highest BCUT2D eigenvalue weighted by atomic mass is 32.2. The standard InChI is InChI=1S/C13H21NOS/c1-12-4-6-13(7-5-12)15-9-2-3-10-16-11-8-14/h4-7H,2-3,8-11,14H2,1H3. The second-order valence-electron chi connectivity index (χ2n) is 3.77. The SMILES string of the molecule is Cc1ccc(OCCCCSCCN)cc1. The van der Waals surface area contributed by atoms with Crippen LogP contribution in [0.3, 0.4) is 0 Å². The Morgan fingerprint density at radius 3 is 2.56 bits per heavy atom. The predicted octanol–water partition coefficient (Wildman–Crippen LogP) is 2.85. The molecule has 0 heterocycles. The van der Waals surface area contributed by atoms with E-state index in [1.807, 2.05) is 23.9 Å². The number of hydrogen-bond acceptors (Lipinski definition) is 3. The number of ether oxygens (including phenoxy) is 1. The fraction of sp³-hybridized carbons (Fsp3) is 0.538. The molecule has 0 amide bonds. The van der Waals surface area contributed by atoms with Gasteiger partial charge in [-0.3, -0.25) is 0 Å². The maximum absolute atomic E-state index is 5.63. The van der Waals surface area contributed by atoms with Crippen LogP contribution in [0, 0.1) is 6.92 Å². The van der Waals surface area contributed by atoms with Crippen molar-refractivity contribution in [3.8, 4) is 5.75 Å². The predicted molar refractivity (Wildman–Crippen MR) is 72.3 cm³/mol.